The zero-order chi connectivity index (χ0) is 14.3. The molecule has 0 amide bonds. The fourth-order valence-electron chi connectivity index (χ4n) is 2.81. The van der Waals surface area contributed by atoms with Gasteiger partial charge in [0.25, 0.3) is 10.0 Å². The van der Waals surface area contributed by atoms with Crippen molar-refractivity contribution in [1.29, 1.82) is 0 Å². The molecular formula is C16H17NO2S. The van der Waals surface area contributed by atoms with Crippen molar-refractivity contribution in [3.8, 4) is 0 Å². The van der Waals surface area contributed by atoms with E-state index < -0.39 is 10.0 Å². The summed E-state index contributed by atoms with van der Waals surface area (Å²) in [5.74, 6) is 0.199. The summed E-state index contributed by atoms with van der Waals surface area (Å²) in [5.41, 5.74) is 1.90. The van der Waals surface area contributed by atoms with Crippen molar-refractivity contribution in [2.45, 2.75) is 30.7 Å². The van der Waals surface area contributed by atoms with Gasteiger partial charge in [-0.15, -0.1) is 0 Å². The van der Waals surface area contributed by atoms with Crippen LogP contribution in [-0.4, -0.2) is 14.5 Å². The largest absolute Gasteiger partial charge is 0.264 e. The highest BCUT2D eigenvalue weighted by Crippen LogP contribution is 2.43. The normalized spacial score (nSPS) is 21.8. The lowest BCUT2D eigenvalue weighted by Crippen LogP contribution is -2.36. The molecule has 1 aliphatic heterocycles. The highest BCUT2D eigenvalue weighted by molar-refractivity contribution is 7.92. The van der Waals surface area contributed by atoms with Crippen molar-refractivity contribution in [2.75, 3.05) is 4.31 Å². The van der Waals surface area contributed by atoms with E-state index in [2.05, 4.69) is 6.92 Å². The van der Waals surface area contributed by atoms with Crippen LogP contribution in [0, 0.1) is 0 Å². The van der Waals surface area contributed by atoms with Gasteiger partial charge in [0, 0.05) is 12.0 Å². The molecule has 0 fully saturated rings. The highest BCUT2D eigenvalue weighted by atomic mass is 32.2. The van der Waals surface area contributed by atoms with Gasteiger partial charge >= 0.3 is 0 Å². The zero-order valence-corrected chi connectivity index (χ0v) is 12.3. The van der Waals surface area contributed by atoms with Gasteiger partial charge in [-0.1, -0.05) is 43.3 Å². The quantitative estimate of drug-likeness (QED) is 0.849. The van der Waals surface area contributed by atoms with Crippen molar-refractivity contribution < 1.29 is 8.42 Å². The van der Waals surface area contributed by atoms with Crippen LogP contribution < -0.4 is 4.31 Å². The average molecular weight is 287 g/mol. The van der Waals surface area contributed by atoms with Crippen LogP contribution in [0.2, 0.25) is 0 Å². The van der Waals surface area contributed by atoms with Crippen LogP contribution in [0.25, 0.3) is 0 Å². The molecule has 4 heteroatoms. The molecule has 2 aromatic rings. The fraction of sp³-hybridized carbons (Fsp3) is 0.250. The van der Waals surface area contributed by atoms with E-state index in [1.54, 1.807) is 28.6 Å². The Kier molecular flexibility index (Phi) is 3.05. The maximum absolute atomic E-state index is 12.9. The van der Waals surface area contributed by atoms with E-state index in [0.717, 1.165) is 11.3 Å². The third kappa shape index (κ3) is 1.83. The highest BCUT2D eigenvalue weighted by Gasteiger charge is 2.39. The number of fused-ring (bicyclic) bond motifs is 1. The smallest absolute Gasteiger partial charge is 0.263 e. The van der Waals surface area contributed by atoms with Gasteiger partial charge in [-0.2, -0.15) is 0 Å². The molecule has 0 radical (unpaired) electrons. The number of para-hydroxylation sites is 1. The van der Waals surface area contributed by atoms with Crippen LogP contribution in [0.3, 0.4) is 0 Å². The standard InChI is InChI=1S/C16H17NO2S/c1-12-13(2)17(16-11-7-6-10-15(12)16)20(18,19)14-8-4-3-5-9-14/h3-13H,1-2H3/t12-,13+/m1/s1. The second-order valence-electron chi connectivity index (χ2n) is 5.20. The van der Waals surface area contributed by atoms with Gasteiger partial charge in [0.05, 0.1) is 10.6 Å². The van der Waals surface area contributed by atoms with E-state index >= 15 is 0 Å². The summed E-state index contributed by atoms with van der Waals surface area (Å²) >= 11 is 0. The van der Waals surface area contributed by atoms with E-state index in [0.29, 0.717) is 4.90 Å². The van der Waals surface area contributed by atoms with Gasteiger partial charge in [0.2, 0.25) is 0 Å². The second-order valence-corrected chi connectivity index (χ2v) is 7.02. The maximum atomic E-state index is 12.9. The molecule has 1 aliphatic rings. The third-order valence-corrected chi connectivity index (χ3v) is 5.97. The Morgan fingerprint density at radius 1 is 0.900 bits per heavy atom. The van der Waals surface area contributed by atoms with Crippen LogP contribution in [0.1, 0.15) is 25.3 Å². The summed E-state index contributed by atoms with van der Waals surface area (Å²) in [7, 11) is -3.50. The minimum absolute atomic E-state index is 0.0717. The van der Waals surface area contributed by atoms with Crippen LogP contribution in [0.5, 0.6) is 0 Å². The van der Waals surface area contributed by atoms with Crippen molar-refractivity contribution >= 4 is 15.7 Å². The van der Waals surface area contributed by atoms with E-state index in [1.165, 1.54) is 0 Å². The summed E-state index contributed by atoms with van der Waals surface area (Å²) in [6.45, 7) is 4.04. The Balaban J connectivity index is 2.16. The van der Waals surface area contributed by atoms with E-state index in [4.69, 9.17) is 0 Å². The van der Waals surface area contributed by atoms with Crippen LogP contribution >= 0.6 is 0 Å². The van der Waals surface area contributed by atoms with Crippen molar-refractivity contribution in [2.24, 2.45) is 0 Å². The summed E-state index contributed by atoms with van der Waals surface area (Å²) in [6.07, 6.45) is 0. The average Bonchev–Trinajstić information content (AvgIpc) is 2.73. The number of sulfonamides is 1. The lowest BCUT2D eigenvalue weighted by atomic mass is 9.99. The Labute approximate surface area is 119 Å². The Morgan fingerprint density at radius 3 is 2.20 bits per heavy atom. The molecule has 104 valence electrons. The number of hydrogen-bond acceptors (Lipinski definition) is 2. The van der Waals surface area contributed by atoms with Gasteiger partial charge in [-0.3, -0.25) is 4.31 Å². The van der Waals surface area contributed by atoms with Gasteiger partial charge in [0.15, 0.2) is 0 Å². The first-order valence-corrected chi connectivity index (χ1v) is 8.16. The molecule has 3 nitrogen and oxygen atoms in total. The SMILES string of the molecule is C[C@H]1c2ccccc2N(S(=O)(=O)c2ccccc2)[C@H]1C. The summed E-state index contributed by atoms with van der Waals surface area (Å²) < 4.78 is 27.3. The topological polar surface area (TPSA) is 37.4 Å². The molecule has 0 saturated heterocycles. The van der Waals surface area contributed by atoms with Crippen LogP contribution in [0.4, 0.5) is 5.69 Å². The molecule has 0 aliphatic carbocycles. The number of rotatable bonds is 2. The van der Waals surface area contributed by atoms with Crippen LogP contribution in [-0.2, 0) is 10.0 Å². The minimum Gasteiger partial charge on any atom is -0.263 e. The van der Waals surface area contributed by atoms with Gasteiger partial charge in [0.1, 0.15) is 0 Å². The predicted molar refractivity (Wildman–Crippen MR) is 80.4 cm³/mol. The number of benzene rings is 2. The molecule has 1 heterocycles. The molecule has 0 aromatic heterocycles. The number of anilines is 1. The lowest BCUT2D eigenvalue weighted by molar-refractivity contribution is 0.573. The molecule has 3 rings (SSSR count). The zero-order valence-electron chi connectivity index (χ0n) is 11.5. The van der Waals surface area contributed by atoms with Gasteiger partial charge < -0.3 is 0 Å². The first kappa shape index (κ1) is 13.2. The molecular weight excluding hydrogens is 270 g/mol. The molecule has 20 heavy (non-hydrogen) atoms. The minimum atomic E-state index is -3.50. The molecule has 0 saturated carbocycles. The predicted octanol–water partition coefficient (Wildman–Crippen LogP) is 3.39. The first-order chi connectivity index (χ1) is 9.53. The van der Waals surface area contributed by atoms with Gasteiger partial charge in [-0.05, 0) is 30.7 Å². The Hall–Kier alpha value is -1.81. The third-order valence-electron chi connectivity index (χ3n) is 4.06. The van der Waals surface area contributed by atoms with Crippen molar-refractivity contribution in [3.63, 3.8) is 0 Å². The second kappa shape index (κ2) is 4.63. The maximum Gasteiger partial charge on any atom is 0.264 e. The first-order valence-electron chi connectivity index (χ1n) is 6.72. The molecule has 0 unspecified atom stereocenters. The van der Waals surface area contributed by atoms with Gasteiger partial charge in [-0.25, -0.2) is 8.42 Å². The van der Waals surface area contributed by atoms with E-state index in [9.17, 15) is 8.42 Å². The lowest BCUT2D eigenvalue weighted by Gasteiger charge is -2.25. The molecule has 0 spiro atoms. The monoisotopic (exact) mass is 287 g/mol. The molecule has 0 N–H and O–H groups in total. The Bertz CT molecular complexity index is 725. The van der Waals surface area contributed by atoms with E-state index in [-0.39, 0.29) is 12.0 Å². The van der Waals surface area contributed by atoms with Crippen molar-refractivity contribution in [3.05, 3.63) is 60.2 Å². The number of nitrogens with zero attached hydrogens (tertiary/aromatic N) is 1. The van der Waals surface area contributed by atoms with Crippen LogP contribution in [0.15, 0.2) is 59.5 Å². The fourth-order valence-corrected chi connectivity index (χ4v) is 4.58. The molecule has 0 bridgehead atoms. The molecule has 2 aromatic carbocycles. The Morgan fingerprint density at radius 2 is 1.50 bits per heavy atom. The summed E-state index contributed by atoms with van der Waals surface area (Å²) in [5, 5.41) is 0. The van der Waals surface area contributed by atoms with E-state index in [1.807, 2.05) is 37.3 Å². The van der Waals surface area contributed by atoms with Crippen molar-refractivity contribution in [1.82, 2.24) is 0 Å². The number of hydrogen-bond donors (Lipinski definition) is 0. The summed E-state index contributed by atoms with van der Waals surface area (Å²) in [6, 6.07) is 16.3. The molecule has 2 atom stereocenters. The summed E-state index contributed by atoms with van der Waals surface area (Å²) in [4.78, 5) is 0.343.